The number of carbonyl (C=O) groups is 1. The van der Waals surface area contributed by atoms with Gasteiger partial charge >= 0.3 is 0 Å². The van der Waals surface area contributed by atoms with Gasteiger partial charge in [0.15, 0.2) is 10.9 Å². The molecular weight excluding hydrogens is 398 g/mol. The van der Waals surface area contributed by atoms with E-state index in [2.05, 4.69) is 20.4 Å². The van der Waals surface area contributed by atoms with Gasteiger partial charge in [-0.25, -0.2) is 14.6 Å². The standard InChI is InChI=1S/C22H21N5O2S/c1-13-11-16(8-9-18(13)29-4)20-15(3)30-22(25-20)26-21(28)17-12-24-27(14(17)2)19-7-5-6-10-23-19/h5-12H,1-4H3,(H,25,26,28). The molecule has 3 heterocycles. The van der Waals surface area contributed by atoms with Crippen molar-refractivity contribution >= 4 is 22.4 Å². The van der Waals surface area contributed by atoms with Gasteiger partial charge in [-0.2, -0.15) is 5.10 Å². The van der Waals surface area contributed by atoms with Crippen molar-refractivity contribution < 1.29 is 9.53 Å². The van der Waals surface area contributed by atoms with Crippen molar-refractivity contribution in [1.29, 1.82) is 0 Å². The van der Waals surface area contributed by atoms with E-state index < -0.39 is 0 Å². The number of methoxy groups -OCH3 is 1. The highest BCUT2D eigenvalue weighted by atomic mass is 32.1. The van der Waals surface area contributed by atoms with Crippen LogP contribution in [0.4, 0.5) is 5.13 Å². The zero-order valence-electron chi connectivity index (χ0n) is 17.1. The summed E-state index contributed by atoms with van der Waals surface area (Å²) in [6.45, 7) is 5.83. The van der Waals surface area contributed by atoms with Crippen molar-refractivity contribution in [2.75, 3.05) is 12.4 Å². The molecule has 1 aromatic carbocycles. The second-order valence-electron chi connectivity index (χ2n) is 6.81. The molecule has 30 heavy (non-hydrogen) atoms. The van der Waals surface area contributed by atoms with Gasteiger partial charge in [0.05, 0.1) is 30.3 Å². The van der Waals surface area contributed by atoms with Crippen molar-refractivity contribution in [3.63, 3.8) is 0 Å². The number of aryl methyl sites for hydroxylation is 2. The van der Waals surface area contributed by atoms with Crippen LogP contribution in [0.15, 0.2) is 48.8 Å². The largest absolute Gasteiger partial charge is 0.496 e. The zero-order valence-corrected chi connectivity index (χ0v) is 17.9. The predicted octanol–water partition coefficient (Wildman–Crippen LogP) is 4.58. The molecule has 0 radical (unpaired) electrons. The van der Waals surface area contributed by atoms with Gasteiger partial charge in [0.2, 0.25) is 0 Å². The van der Waals surface area contributed by atoms with Gasteiger partial charge < -0.3 is 4.74 Å². The Bertz CT molecular complexity index is 1210. The molecule has 0 aliphatic rings. The molecule has 7 nitrogen and oxygen atoms in total. The highest BCUT2D eigenvalue weighted by Gasteiger charge is 2.18. The first-order valence-electron chi connectivity index (χ1n) is 9.37. The van der Waals surface area contributed by atoms with Crippen LogP contribution in [0, 0.1) is 20.8 Å². The average molecular weight is 420 g/mol. The van der Waals surface area contributed by atoms with Crippen LogP contribution in [0.25, 0.3) is 17.1 Å². The fraction of sp³-hybridized carbons (Fsp3) is 0.182. The van der Waals surface area contributed by atoms with Crippen LogP contribution in [0.3, 0.4) is 0 Å². The van der Waals surface area contributed by atoms with Crippen LogP contribution in [0.5, 0.6) is 5.75 Å². The molecule has 0 atom stereocenters. The van der Waals surface area contributed by atoms with E-state index in [1.807, 2.05) is 57.2 Å². The number of hydrogen-bond acceptors (Lipinski definition) is 6. The van der Waals surface area contributed by atoms with Crippen LogP contribution < -0.4 is 10.1 Å². The molecule has 1 N–H and O–H groups in total. The lowest BCUT2D eigenvalue weighted by Gasteiger charge is -2.06. The molecule has 0 aliphatic carbocycles. The van der Waals surface area contributed by atoms with Gasteiger partial charge in [-0.1, -0.05) is 6.07 Å². The molecule has 152 valence electrons. The normalized spacial score (nSPS) is 10.8. The summed E-state index contributed by atoms with van der Waals surface area (Å²) in [5.74, 6) is 1.25. The molecule has 4 aromatic rings. The SMILES string of the molecule is COc1ccc(-c2nc(NC(=O)c3cnn(-c4ccccn4)c3C)sc2C)cc1C. The summed E-state index contributed by atoms with van der Waals surface area (Å²) < 4.78 is 6.98. The van der Waals surface area contributed by atoms with Crippen LogP contribution in [0.2, 0.25) is 0 Å². The van der Waals surface area contributed by atoms with Gasteiger partial charge in [0, 0.05) is 16.6 Å². The Kier molecular flexibility index (Phi) is 5.33. The molecule has 0 bridgehead atoms. The topological polar surface area (TPSA) is 81.9 Å². The Morgan fingerprint density at radius 1 is 1.17 bits per heavy atom. The van der Waals surface area contributed by atoms with E-state index >= 15 is 0 Å². The maximum absolute atomic E-state index is 12.8. The van der Waals surface area contributed by atoms with Crippen molar-refractivity contribution in [2.24, 2.45) is 0 Å². The van der Waals surface area contributed by atoms with Gasteiger partial charge in [-0.15, -0.1) is 11.3 Å². The maximum atomic E-state index is 12.8. The first-order valence-corrected chi connectivity index (χ1v) is 10.2. The molecule has 4 rings (SSSR count). The van der Waals surface area contributed by atoms with Crippen LogP contribution in [0.1, 0.15) is 26.5 Å². The van der Waals surface area contributed by atoms with E-state index in [4.69, 9.17) is 4.74 Å². The minimum atomic E-state index is -0.249. The number of anilines is 1. The number of nitrogens with zero attached hydrogens (tertiary/aromatic N) is 4. The molecule has 0 spiro atoms. The summed E-state index contributed by atoms with van der Waals surface area (Å²) in [7, 11) is 1.65. The maximum Gasteiger partial charge on any atom is 0.260 e. The third kappa shape index (κ3) is 3.69. The van der Waals surface area contributed by atoms with Gasteiger partial charge in [-0.05, 0) is 56.7 Å². The molecule has 0 saturated carbocycles. The number of ether oxygens (including phenoxy) is 1. The fourth-order valence-corrected chi connectivity index (χ4v) is 4.08. The summed E-state index contributed by atoms with van der Waals surface area (Å²) in [5.41, 5.74) is 4.06. The Balaban J connectivity index is 1.57. The summed E-state index contributed by atoms with van der Waals surface area (Å²) in [5, 5.41) is 7.76. The molecule has 8 heteroatoms. The van der Waals surface area contributed by atoms with Gasteiger partial charge in [0.1, 0.15) is 5.75 Å². The van der Waals surface area contributed by atoms with E-state index in [1.165, 1.54) is 11.3 Å². The fourth-order valence-electron chi connectivity index (χ4n) is 3.25. The van der Waals surface area contributed by atoms with Crippen LogP contribution in [-0.2, 0) is 0 Å². The monoisotopic (exact) mass is 419 g/mol. The molecular formula is C22H21N5O2S. The number of rotatable bonds is 5. The number of amides is 1. The quantitative estimate of drug-likeness (QED) is 0.512. The molecule has 3 aromatic heterocycles. The molecule has 1 amide bonds. The third-order valence-corrected chi connectivity index (χ3v) is 5.69. The minimum absolute atomic E-state index is 0.249. The zero-order chi connectivity index (χ0) is 21.3. The smallest absolute Gasteiger partial charge is 0.260 e. The first kappa shape index (κ1) is 19.8. The Morgan fingerprint density at radius 3 is 2.70 bits per heavy atom. The number of hydrogen-bond donors (Lipinski definition) is 1. The Labute approximate surface area is 178 Å². The van der Waals surface area contributed by atoms with E-state index in [0.717, 1.165) is 27.4 Å². The number of carbonyl (C=O) groups excluding carboxylic acids is 1. The van der Waals surface area contributed by atoms with E-state index in [1.54, 1.807) is 24.2 Å². The van der Waals surface area contributed by atoms with Crippen molar-refractivity contribution in [1.82, 2.24) is 19.7 Å². The highest BCUT2D eigenvalue weighted by Crippen LogP contribution is 2.33. The minimum Gasteiger partial charge on any atom is -0.496 e. The number of nitrogens with one attached hydrogen (secondary N) is 1. The lowest BCUT2D eigenvalue weighted by atomic mass is 10.1. The van der Waals surface area contributed by atoms with E-state index in [9.17, 15) is 4.79 Å². The summed E-state index contributed by atoms with van der Waals surface area (Å²) in [4.78, 5) is 22.8. The van der Waals surface area contributed by atoms with Crippen LogP contribution in [-0.4, -0.2) is 32.8 Å². The summed E-state index contributed by atoms with van der Waals surface area (Å²) in [6, 6.07) is 11.5. The van der Waals surface area contributed by atoms with E-state index in [-0.39, 0.29) is 5.91 Å². The van der Waals surface area contributed by atoms with Crippen molar-refractivity contribution in [3.05, 3.63) is 70.5 Å². The van der Waals surface area contributed by atoms with Crippen molar-refractivity contribution in [2.45, 2.75) is 20.8 Å². The lowest BCUT2D eigenvalue weighted by molar-refractivity contribution is 0.102. The van der Waals surface area contributed by atoms with E-state index in [0.29, 0.717) is 22.2 Å². The second kappa shape index (κ2) is 8.08. The molecule has 0 unspecified atom stereocenters. The van der Waals surface area contributed by atoms with Gasteiger partial charge in [0.25, 0.3) is 5.91 Å². The molecule has 0 saturated heterocycles. The molecule has 0 fully saturated rings. The third-order valence-electron chi connectivity index (χ3n) is 4.81. The lowest BCUT2D eigenvalue weighted by Crippen LogP contribution is -2.13. The molecule has 0 aliphatic heterocycles. The van der Waals surface area contributed by atoms with Crippen molar-refractivity contribution in [3.8, 4) is 22.8 Å². The number of thiazole rings is 1. The average Bonchev–Trinajstić information content (AvgIpc) is 3.30. The summed E-state index contributed by atoms with van der Waals surface area (Å²) in [6.07, 6.45) is 3.24. The summed E-state index contributed by atoms with van der Waals surface area (Å²) >= 11 is 1.44. The number of aromatic nitrogens is 4. The Hall–Kier alpha value is -3.52. The predicted molar refractivity (Wildman–Crippen MR) is 118 cm³/mol. The number of pyridine rings is 1. The van der Waals surface area contributed by atoms with Crippen LogP contribution >= 0.6 is 11.3 Å². The van der Waals surface area contributed by atoms with Gasteiger partial charge in [-0.3, -0.25) is 10.1 Å². The second-order valence-corrected chi connectivity index (χ2v) is 8.01. The first-order chi connectivity index (χ1) is 14.5. The Morgan fingerprint density at radius 2 is 2.00 bits per heavy atom. The number of benzene rings is 1. The highest BCUT2D eigenvalue weighted by molar-refractivity contribution is 7.16.